The van der Waals surface area contributed by atoms with Gasteiger partial charge in [0.15, 0.2) is 0 Å². The van der Waals surface area contributed by atoms with Crippen LogP contribution in [0.5, 0.6) is 5.75 Å². The molecule has 2 aliphatic rings. The van der Waals surface area contributed by atoms with Crippen molar-refractivity contribution in [1.82, 2.24) is 9.91 Å². The van der Waals surface area contributed by atoms with E-state index in [2.05, 4.69) is 5.10 Å². The molecule has 1 saturated carbocycles. The molecule has 2 amide bonds. The standard InChI is InChI=1S/C27H32FN3O4/c1-34-16-15-30(27(33)20-7-3-4-8-20)18-26(32)31-25(19-11-13-21(35-2)14-12-19)17-24(29-31)22-9-5-6-10-23(22)28/h5-6,9-14,20,25H,3-4,7-8,15-18H2,1-2H3/t25-/m1/s1. The molecule has 0 bridgehead atoms. The second kappa shape index (κ2) is 11.4. The lowest BCUT2D eigenvalue weighted by Gasteiger charge is -2.28. The van der Waals surface area contributed by atoms with E-state index in [1.54, 1.807) is 37.3 Å². The zero-order valence-electron chi connectivity index (χ0n) is 20.3. The maximum absolute atomic E-state index is 14.6. The normalized spacial score (nSPS) is 18.0. The number of hydrogen-bond acceptors (Lipinski definition) is 5. The topological polar surface area (TPSA) is 71.4 Å². The minimum absolute atomic E-state index is 0.00796. The first-order chi connectivity index (χ1) is 17.0. The highest BCUT2D eigenvalue weighted by Crippen LogP contribution is 2.34. The molecule has 0 saturated heterocycles. The largest absolute Gasteiger partial charge is 0.497 e. The molecule has 4 rings (SSSR count). The summed E-state index contributed by atoms with van der Waals surface area (Å²) in [6, 6.07) is 13.4. The SMILES string of the molecule is COCCN(CC(=O)N1N=C(c2ccccc2F)C[C@@H]1c1ccc(OC)cc1)C(=O)C1CCCC1. The Bertz CT molecular complexity index is 1070. The quantitative estimate of drug-likeness (QED) is 0.539. The summed E-state index contributed by atoms with van der Waals surface area (Å²) in [5.74, 6) is -0.0426. The van der Waals surface area contributed by atoms with Gasteiger partial charge in [-0.3, -0.25) is 9.59 Å². The number of halogens is 1. The van der Waals surface area contributed by atoms with Gasteiger partial charge in [-0.25, -0.2) is 9.40 Å². The van der Waals surface area contributed by atoms with Gasteiger partial charge in [0, 0.05) is 31.6 Å². The molecule has 35 heavy (non-hydrogen) atoms. The Morgan fingerprint density at radius 1 is 1.09 bits per heavy atom. The van der Waals surface area contributed by atoms with E-state index in [1.165, 1.54) is 11.1 Å². The summed E-state index contributed by atoms with van der Waals surface area (Å²) in [5.41, 5.74) is 1.74. The molecule has 0 radical (unpaired) electrons. The Labute approximate surface area is 205 Å². The Hall–Kier alpha value is -3.26. The smallest absolute Gasteiger partial charge is 0.262 e. The zero-order chi connectivity index (χ0) is 24.8. The summed E-state index contributed by atoms with van der Waals surface area (Å²) in [6.07, 6.45) is 4.14. The molecule has 0 N–H and O–H groups in total. The number of hydrazone groups is 1. The minimum Gasteiger partial charge on any atom is -0.497 e. The van der Waals surface area contributed by atoms with Crippen molar-refractivity contribution in [3.63, 3.8) is 0 Å². The van der Waals surface area contributed by atoms with Crippen molar-refractivity contribution in [2.75, 3.05) is 33.9 Å². The van der Waals surface area contributed by atoms with E-state index in [0.717, 1.165) is 31.2 Å². The number of carbonyl (C=O) groups is 2. The molecule has 1 aliphatic heterocycles. The molecule has 2 aromatic rings. The highest BCUT2D eigenvalue weighted by Gasteiger charge is 2.36. The van der Waals surface area contributed by atoms with E-state index in [-0.39, 0.29) is 30.1 Å². The third kappa shape index (κ3) is 5.70. The molecule has 0 aromatic heterocycles. The first-order valence-electron chi connectivity index (χ1n) is 12.1. The number of nitrogens with zero attached hydrogens (tertiary/aromatic N) is 3. The summed E-state index contributed by atoms with van der Waals surface area (Å²) < 4.78 is 25.0. The summed E-state index contributed by atoms with van der Waals surface area (Å²) in [4.78, 5) is 28.3. The monoisotopic (exact) mass is 481 g/mol. The Kier molecular flexibility index (Phi) is 8.13. The predicted octanol–water partition coefficient (Wildman–Crippen LogP) is 4.18. The van der Waals surface area contributed by atoms with Crippen LogP contribution in [0.3, 0.4) is 0 Å². The van der Waals surface area contributed by atoms with Crippen LogP contribution in [-0.2, 0) is 14.3 Å². The van der Waals surface area contributed by atoms with Gasteiger partial charge in [-0.2, -0.15) is 5.10 Å². The predicted molar refractivity (Wildman–Crippen MR) is 131 cm³/mol. The fourth-order valence-electron chi connectivity index (χ4n) is 4.82. The van der Waals surface area contributed by atoms with Crippen molar-refractivity contribution in [3.05, 3.63) is 65.5 Å². The van der Waals surface area contributed by atoms with Gasteiger partial charge in [0.05, 0.1) is 25.5 Å². The molecule has 1 fully saturated rings. The zero-order valence-corrected chi connectivity index (χ0v) is 20.3. The van der Waals surface area contributed by atoms with Gasteiger partial charge in [0.25, 0.3) is 5.91 Å². The van der Waals surface area contributed by atoms with Crippen LogP contribution in [0.1, 0.15) is 49.3 Å². The molecule has 0 unspecified atom stereocenters. The number of methoxy groups -OCH3 is 2. The number of rotatable bonds is 9. The fraction of sp³-hybridized carbons (Fsp3) is 0.444. The average molecular weight is 482 g/mol. The molecule has 7 nitrogen and oxygen atoms in total. The fourth-order valence-corrected chi connectivity index (χ4v) is 4.82. The lowest BCUT2D eigenvalue weighted by atomic mass is 9.98. The van der Waals surface area contributed by atoms with Crippen molar-refractivity contribution in [2.24, 2.45) is 11.0 Å². The maximum atomic E-state index is 14.6. The minimum atomic E-state index is -0.408. The molecule has 8 heteroatoms. The van der Waals surface area contributed by atoms with Crippen molar-refractivity contribution in [2.45, 2.75) is 38.1 Å². The van der Waals surface area contributed by atoms with E-state index in [0.29, 0.717) is 36.6 Å². The van der Waals surface area contributed by atoms with Crippen molar-refractivity contribution in [1.29, 1.82) is 0 Å². The van der Waals surface area contributed by atoms with E-state index in [9.17, 15) is 14.0 Å². The van der Waals surface area contributed by atoms with Crippen molar-refractivity contribution in [3.8, 4) is 5.75 Å². The lowest BCUT2D eigenvalue weighted by Crippen LogP contribution is -2.44. The van der Waals surface area contributed by atoms with Crippen LogP contribution in [0.15, 0.2) is 53.6 Å². The second-order valence-corrected chi connectivity index (χ2v) is 8.99. The van der Waals surface area contributed by atoms with Gasteiger partial charge in [-0.1, -0.05) is 43.2 Å². The maximum Gasteiger partial charge on any atom is 0.262 e. The van der Waals surface area contributed by atoms with Crippen LogP contribution >= 0.6 is 0 Å². The summed E-state index contributed by atoms with van der Waals surface area (Å²) >= 11 is 0. The first-order valence-corrected chi connectivity index (χ1v) is 12.1. The van der Waals surface area contributed by atoms with Crippen LogP contribution in [-0.4, -0.2) is 61.4 Å². The third-order valence-electron chi connectivity index (χ3n) is 6.76. The van der Waals surface area contributed by atoms with Gasteiger partial charge in [0.1, 0.15) is 18.1 Å². The van der Waals surface area contributed by atoms with E-state index >= 15 is 0 Å². The second-order valence-electron chi connectivity index (χ2n) is 8.99. The Morgan fingerprint density at radius 3 is 2.46 bits per heavy atom. The van der Waals surface area contributed by atoms with Gasteiger partial charge < -0.3 is 14.4 Å². The Balaban J connectivity index is 1.61. The molecular weight excluding hydrogens is 449 g/mol. The Morgan fingerprint density at radius 2 is 1.80 bits per heavy atom. The number of amides is 2. The van der Waals surface area contributed by atoms with Gasteiger partial charge in [0.2, 0.25) is 5.91 Å². The van der Waals surface area contributed by atoms with Crippen LogP contribution in [0, 0.1) is 11.7 Å². The highest BCUT2D eigenvalue weighted by atomic mass is 19.1. The molecule has 186 valence electrons. The molecule has 2 aromatic carbocycles. The van der Waals surface area contributed by atoms with Crippen LogP contribution in [0.2, 0.25) is 0 Å². The number of hydrogen-bond donors (Lipinski definition) is 0. The molecule has 1 aliphatic carbocycles. The van der Waals surface area contributed by atoms with Gasteiger partial charge in [-0.05, 0) is 36.6 Å². The van der Waals surface area contributed by atoms with Crippen molar-refractivity contribution < 1.29 is 23.5 Å². The molecule has 1 heterocycles. The van der Waals surface area contributed by atoms with E-state index < -0.39 is 6.04 Å². The number of benzene rings is 2. The lowest BCUT2D eigenvalue weighted by molar-refractivity contribution is -0.144. The molecule has 1 atom stereocenters. The highest BCUT2D eigenvalue weighted by molar-refractivity contribution is 6.03. The van der Waals surface area contributed by atoms with Crippen LogP contribution in [0.25, 0.3) is 0 Å². The molecule has 0 spiro atoms. The summed E-state index contributed by atoms with van der Waals surface area (Å²) in [6.45, 7) is 0.583. The van der Waals surface area contributed by atoms with Gasteiger partial charge in [-0.15, -0.1) is 0 Å². The summed E-state index contributed by atoms with van der Waals surface area (Å²) in [5, 5.41) is 5.98. The summed E-state index contributed by atoms with van der Waals surface area (Å²) in [7, 11) is 3.17. The third-order valence-corrected chi connectivity index (χ3v) is 6.76. The molecular formula is C27H32FN3O4. The van der Waals surface area contributed by atoms with Crippen LogP contribution < -0.4 is 4.74 Å². The van der Waals surface area contributed by atoms with E-state index in [1.807, 2.05) is 24.3 Å². The number of carbonyl (C=O) groups excluding carboxylic acids is 2. The van der Waals surface area contributed by atoms with E-state index in [4.69, 9.17) is 9.47 Å². The average Bonchev–Trinajstić information content (AvgIpc) is 3.57. The van der Waals surface area contributed by atoms with Crippen LogP contribution in [0.4, 0.5) is 4.39 Å². The van der Waals surface area contributed by atoms with Gasteiger partial charge >= 0.3 is 0 Å². The van der Waals surface area contributed by atoms with Crippen molar-refractivity contribution >= 4 is 17.5 Å². The number of ether oxygens (including phenoxy) is 2. The first kappa shape index (κ1) is 24.9.